The molecule has 5 rings (SSSR count). The van der Waals surface area contributed by atoms with Crippen LogP contribution in [0.4, 0.5) is 5.69 Å². The van der Waals surface area contributed by atoms with E-state index in [0.29, 0.717) is 28.4 Å². The Hall–Kier alpha value is -2.94. The van der Waals surface area contributed by atoms with E-state index >= 15 is 0 Å². The van der Waals surface area contributed by atoms with Gasteiger partial charge in [0.15, 0.2) is 5.65 Å². The second-order valence-corrected chi connectivity index (χ2v) is 9.80. The van der Waals surface area contributed by atoms with E-state index < -0.39 is 11.2 Å². The lowest BCUT2D eigenvalue weighted by atomic mass is 10.0. The van der Waals surface area contributed by atoms with Crippen molar-refractivity contribution in [1.82, 2.24) is 19.1 Å². The first-order valence-electron chi connectivity index (χ1n) is 11.4. The molecule has 3 aromatic rings. The third kappa shape index (κ3) is 3.88. The van der Waals surface area contributed by atoms with Crippen LogP contribution in [0.5, 0.6) is 0 Å². The Labute approximate surface area is 195 Å². The summed E-state index contributed by atoms with van der Waals surface area (Å²) in [6.07, 6.45) is 6.14. The second kappa shape index (κ2) is 8.78. The molecule has 0 unspecified atom stereocenters. The van der Waals surface area contributed by atoms with E-state index in [0.717, 1.165) is 48.8 Å². The van der Waals surface area contributed by atoms with Crippen molar-refractivity contribution in [3.05, 3.63) is 56.5 Å². The zero-order valence-electron chi connectivity index (χ0n) is 18.9. The Balaban J connectivity index is 1.53. The van der Waals surface area contributed by atoms with Crippen LogP contribution in [0.2, 0.25) is 0 Å². The minimum Gasteiger partial charge on any atom is -0.311 e. The maximum atomic E-state index is 13.2. The van der Waals surface area contributed by atoms with Crippen molar-refractivity contribution < 1.29 is 4.79 Å². The van der Waals surface area contributed by atoms with Gasteiger partial charge < -0.3 is 4.90 Å². The van der Waals surface area contributed by atoms with Crippen molar-refractivity contribution >= 4 is 34.4 Å². The molecule has 0 spiro atoms. The fourth-order valence-corrected chi connectivity index (χ4v) is 5.81. The van der Waals surface area contributed by atoms with Crippen molar-refractivity contribution in [3.63, 3.8) is 0 Å². The monoisotopic (exact) mass is 465 g/mol. The van der Waals surface area contributed by atoms with Crippen LogP contribution >= 0.6 is 11.8 Å². The summed E-state index contributed by atoms with van der Waals surface area (Å²) >= 11 is 1.27. The molecule has 33 heavy (non-hydrogen) atoms. The Bertz CT molecular complexity index is 1360. The SMILES string of the molecule is Cn1c(=O)c2c(SCC(=O)N3CCCc4ccccc43)nc(C3CCCC3)nc2n(C)c1=O. The minimum absolute atomic E-state index is 0.0111. The molecule has 0 N–H and O–H groups in total. The molecule has 0 atom stereocenters. The van der Waals surface area contributed by atoms with Gasteiger partial charge in [0, 0.05) is 32.2 Å². The summed E-state index contributed by atoms with van der Waals surface area (Å²) in [5.41, 5.74) is 1.65. The third-order valence-corrected chi connectivity index (χ3v) is 7.71. The number of hydrogen-bond acceptors (Lipinski definition) is 6. The van der Waals surface area contributed by atoms with Crippen LogP contribution in [0.1, 0.15) is 49.4 Å². The maximum Gasteiger partial charge on any atom is 0.332 e. The maximum absolute atomic E-state index is 13.2. The number of thioether (sulfide) groups is 1. The van der Waals surface area contributed by atoms with Crippen molar-refractivity contribution in [1.29, 1.82) is 0 Å². The molecule has 0 radical (unpaired) electrons. The standard InChI is InChI=1S/C24H27N5O3S/c1-27-21-19(23(31)28(2)24(27)32)22(26-20(25-21)16-9-3-4-10-16)33-14-18(30)29-13-7-11-15-8-5-6-12-17(15)29/h5-6,8,12,16H,3-4,7,9-11,13-14H2,1-2H3. The summed E-state index contributed by atoms with van der Waals surface area (Å²) in [7, 11) is 3.08. The van der Waals surface area contributed by atoms with Gasteiger partial charge in [-0.25, -0.2) is 14.8 Å². The van der Waals surface area contributed by atoms with Crippen molar-refractivity contribution in [2.24, 2.45) is 14.1 Å². The minimum atomic E-state index is -0.427. The summed E-state index contributed by atoms with van der Waals surface area (Å²) < 4.78 is 2.48. The van der Waals surface area contributed by atoms with Crippen LogP contribution in [-0.2, 0) is 25.3 Å². The number of rotatable bonds is 4. The number of para-hydroxylation sites is 1. The lowest BCUT2D eigenvalue weighted by Gasteiger charge is -2.29. The van der Waals surface area contributed by atoms with Crippen LogP contribution in [-0.4, -0.2) is 37.3 Å². The van der Waals surface area contributed by atoms with Crippen LogP contribution in [0, 0.1) is 0 Å². The zero-order valence-corrected chi connectivity index (χ0v) is 19.7. The number of aromatic nitrogens is 4. The first-order chi connectivity index (χ1) is 16.0. The molecule has 0 bridgehead atoms. The van der Waals surface area contributed by atoms with Crippen LogP contribution in [0.25, 0.3) is 11.0 Å². The topological polar surface area (TPSA) is 90.1 Å². The number of anilines is 1. The number of fused-ring (bicyclic) bond motifs is 2. The van der Waals surface area contributed by atoms with Crippen LogP contribution in [0.15, 0.2) is 38.9 Å². The number of amides is 1. The van der Waals surface area contributed by atoms with Crippen molar-refractivity contribution in [3.8, 4) is 0 Å². The molecule has 3 heterocycles. The van der Waals surface area contributed by atoms with Gasteiger partial charge in [-0.3, -0.25) is 18.7 Å². The van der Waals surface area contributed by atoms with Crippen LogP contribution in [0.3, 0.4) is 0 Å². The molecule has 1 amide bonds. The molecular weight excluding hydrogens is 438 g/mol. The zero-order chi connectivity index (χ0) is 23.1. The fraction of sp³-hybridized carbons (Fsp3) is 0.458. The first-order valence-corrected chi connectivity index (χ1v) is 12.4. The Kier molecular flexibility index (Phi) is 5.82. The van der Waals surface area contributed by atoms with Crippen LogP contribution < -0.4 is 16.1 Å². The molecule has 2 aromatic heterocycles. The molecule has 1 saturated carbocycles. The van der Waals surface area contributed by atoms with E-state index in [4.69, 9.17) is 4.98 Å². The highest BCUT2D eigenvalue weighted by Crippen LogP contribution is 2.34. The smallest absolute Gasteiger partial charge is 0.311 e. The Morgan fingerprint density at radius 2 is 1.82 bits per heavy atom. The summed E-state index contributed by atoms with van der Waals surface area (Å²) in [6, 6.07) is 8.01. The quantitative estimate of drug-likeness (QED) is 0.435. The van der Waals surface area contributed by atoms with Crippen molar-refractivity contribution in [2.75, 3.05) is 17.2 Å². The van der Waals surface area contributed by atoms with Crippen molar-refractivity contribution in [2.45, 2.75) is 49.5 Å². The number of carbonyl (C=O) groups excluding carboxylic acids is 1. The van der Waals surface area contributed by atoms with Gasteiger partial charge in [-0.2, -0.15) is 0 Å². The van der Waals surface area contributed by atoms with E-state index in [-0.39, 0.29) is 17.6 Å². The molecule has 1 aliphatic carbocycles. The first kappa shape index (κ1) is 21.9. The van der Waals surface area contributed by atoms with E-state index in [1.807, 2.05) is 23.1 Å². The molecule has 8 nitrogen and oxygen atoms in total. The van der Waals surface area contributed by atoms with Gasteiger partial charge in [-0.15, -0.1) is 0 Å². The molecule has 172 valence electrons. The van der Waals surface area contributed by atoms with E-state index in [1.165, 1.54) is 28.9 Å². The lowest BCUT2D eigenvalue weighted by Crippen LogP contribution is -2.38. The van der Waals surface area contributed by atoms with E-state index in [9.17, 15) is 14.4 Å². The van der Waals surface area contributed by atoms with Gasteiger partial charge in [0.05, 0.1) is 5.75 Å². The summed E-state index contributed by atoms with van der Waals surface area (Å²) in [6.45, 7) is 0.685. The highest BCUT2D eigenvalue weighted by molar-refractivity contribution is 8.00. The summed E-state index contributed by atoms with van der Waals surface area (Å²) in [5, 5.41) is 0.787. The average Bonchev–Trinajstić information content (AvgIpc) is 3.39. The number of benzene rings is 1. The van der Waals surface area contributed by atoms with Gasteiger partial charge >= 0.3 is 5.69 Å². The molecule has 1 aromatic carbocycles. The lowest BCUT2D eigenvalue weighted by molar-refractivity contribution is -0.116. The molecule has 2 aliphatic rings. The second-order valence-electron chi connectivity index (χ2n) is 8.84. The Morgan fingerprint density at radius 3 is 2.61 bits per heavy atom. The average molecular weight is 466 g/mol. The largest absolute Gasteiger partial charge is 0.332 e. The van der Waals surface area contributed by atoms with Gasteiger partial charge in [0.2, 0.25) is 5.91 Å². The van der Waals surface area contributed by atoms with Gasteiger partial charge in [-0.1, -0.05) is 42.8 Å². The number of aryl methyl sites for hydroxylation is 2. The molecule has 0 saturated heterocycles. The predicted molar refractivity (Wildman–Crippen MR) is 129 cm³/mol. The molecular formula is C24H27N5O3S. The third-order valence-electron chi connectivity index (χ3n) is 6.75. The Morgan fingerprint density at radius 1 is 1.06 bits per heavy atom. The van der Waals surface area contributed by atoms with E-state index in [2.05, 4.69) is 11.1 Å². The van der Waals surface area contributed by atoms with Gasteiger partial charge in [0.1, 0.15) is 16.2 Å². The molecule has 1 aliphatic heterocycles. The summed E-state index contributed by atoms with van der Waals surface area (Å²) in [4.78, 5) is 50.0. The highest BCUT2D eigenvalue weighted by Gasteiger charge is 2.26. The van der Waals surface area contributed by atoms with Gasteiger partial charge in [-0.05, 0) is 37.3 Å². The van der Waals surface area contributed by atoms with Gasteiger partial charge in [0.25, 0.3) is 5.56 Å². The molecule has 1 fully saturated rings. The molecule has 9 heteroatoms. The normalized spacial score (nSPS) is 16.4. The number of hydrogen-bond donors (Lipinski definition) is 0. The number of nitrogens with zero attached hydrogens (tertiary/aromatic N) is 5. The summed E-state index contributed by atoms with van der Waals surface area (Å²) in [5.74, 6) is 1.04. The number of carbonyl (C=O) groups is 1. The predicted octanol–water partition coefficient (Wildman–Crippen LogP) is 2.76. The fourth-order valence-electron chi connectivity index (χ4n) is 4.92. The highest BCUT2D eigenvalue weighted by atomic mass is 32.2. The van der Waals surface area contributed by atoms with E-state index in [1.54, 1.807) is 7.05 Å².